The molecule has 0 bridgehead atoms. The van der Waals surface area contributed by atoms with Crippen LogP contribution in [-0.4, -0.2) is 27.4 Å². The van der Waals surface area contributed by atoms with Gasteiger partial charge < -0.3 is 11.1 Å². The van der Waals surface area contributed by atoms with Crippen LogP contribution in [0.5, 0.6) is 0 Å². The molecule has 0 spiro atoms. The molecule has 1 unspecified atom stereocenters. The van der Waals surface area contributed by atoms with Crippen molar-refractivity contribution in [1.29, 1.82) is 5.41 Å². The van der Waals surface area contributed by atoms with Crippen molar-refractivity contribution in [3.8, 4) is 11.1 Å². The first-order valence-corrected chi connectivity index (χ1v) is 11.7. The van der Waals surface area contributed by atoms with E-state index in [9.17, 15) is 8.60 Å². The van der Waals surface area contributed by atoms with Gasteiger partial charge in [0.2, 0.25) is 0 Å². The summed E-state index contributed by atoms with van der Waals surface area (Å²) >= 11 is 0. The average Bonchev–Trinajstić information content (AvgIpc) is 3.53. The molecule has 5 nitrogen and oxygen atoms in total. The summed E-state index contributed by atoms with van der Waals surface area (Å²) in [6.07, 6.45) is 4.88. The van der Waals surface area contributed by atoms with Gasteiger partial charge in [-0.1, -0.05) is 19.1 Å². The van der Waals surface area contributed by atoms with Gasteiger partial charge in [-0.25, -0.2) is 13.6 Å². The quantitative estimate of drug-likeness (QED) is 0.428. The van der Waals surface area contributed by atoms with Crippen LogP contribution in [0.3, 0.4) is 0 Å². The topological polar surface area (TPSA) is 92.2 Å². The fourth-order valence-electron chi connectivity index (χ4n) is 3.41. The second-order valence-electron chi connectivity index (χ2n) is 7.49. The minimum atomic E-state index is -2.42. The Morgan fingerprint density at radius 1 is 1.31 bits per heavy atom. The molecule has 1 atom stereocenters. The lowest BCUT2D eigenvalue weighted by atomic mass is 9.93. The predicted octanol–water partition coefficient (Wildman–Crippen LogP) is 5.49. The molecule has 0 amide bonds. The zero-order valence-corrected chi connectivity index (χ0v) is 17.2. The van der Waals surface area contributed by atoms with E-state index in [0.29, 0.717) is 34.1 Å². The Balaban J connectivity index is 0.00000256. The van der Waals surface area contributed by atoms with Crippen molar-refractivity contribution in [2.75, 3.05) is 17.7 Å². The van der Waals surface area contributed by atoms with Crippen LogP contribution in [0, 0.1) is 11.2 Å². The molecule has 1 heterocycles. The Morgan fingerprint density at radius 2 is 2.00 bits per heavy atom. The zero-order chi connectivity index (χ0) is 20.8. The number of fused-ring (bicyclic) bond motifs is 1. The van der Waals surface area contributed by atoms with Crippen molar-refractivity contribution >= 4 is 38.2 Å². The number of anilines is 1. The second kappa shape index (κ2) is 7.22. The molecule has 152 valence electrons. The van der Waals surface area contributed by atoms with Crippen LogP contribution >= 0.6 is 0 Å². The van der Waals surface area contributed by atoms with Gasteiger partial charge in [-0.05, 0) is 48.1 Å². The summed E-state index contributed by atoms with van der Waals surface area (Å²) in [7, 11) is -2.42. The maximum Gasteiger partial charge on any atom is 0.169 e. The van der Waals surface area contributed by atoms with E-state index in [1.807, 2.05) is 13.0 Å². The van der Waals surface area contributed by atoms with E-state index in [2.05, 4.69) is 4.36 Å². The normalized spacial score (nSPS) is 15.8. The minimum absolute atomic E-state index is 0. The first-order chi connectivity index (χ1) is 13.8. The molecule has 0 saturated heterocycles. The zero-order valence-electron chi connectivity index (χ0n) is 16.4. The highest BCUT2D eigenvalue weighted by atomic mass is 32.2. The third-order valence-corrected chi connectivity index (χ3v) is 6.91. The number of nitrogens with two attached hydrogens (primary N) is 1. The number of hydrogen-bond acceptors (Lipinski definition) is 5. The Labute approximate surface area is 171 Å². The third kappa shape index (κ3) is 3.74. The predicted molar refractivity (Wildman–Crippen MR) is 120 cm³/mol. The summed E-state index contributed by atoms with van der Waals surface area (Å²) < 4.78 is 30.8. The van der Waals surface area contributed by atoms with Crippen LogP contribution in [0.4, 0.5) is 15.9 Å². The maximum atomic E-state index is 13.5. The molecule has 3 aromatic rings. The van der Waals surface area contributed by atoms with Crippen molar-refractivity contribution in [3.63, 3.8) is 0 Å². The fraction of sp³-hybridized carbons (Fsp3) is 0.273. The summed E-state index contributed by atoms with van der Waals surface area (Å²) in [5.74, 6) is 0.834. The van der Waals surface area contributed by atoms with Crippen LogP contribution in [0.25, 0.3) is 21.9 Å². The number of benzene rings is 2. The highest BCUT2D eigenvalue weighted by Crippen LogP contribution is 2.48. The van der Waals surface area contributed by atoms with Gasteiger partial charge in [-0.2, -0.15) is 4.36 Å². The SMILES string of the molecule is CCS(C)(=O)=Nc1nc(C2CC2)c(-c2ccc(F)cc2)c2cc(C=N)c(N)cc12.[HH]. The monoisotopic (exact) mass is 412 g/mol. The number of rotatable bonds is 5. The van der Waals surface area contributed by atoms with Crippen molar-refractivity contribution < 1.29 is 10.0 Å². The van der Waals surface area contributed by atoms with E-state index in [-0.39, 0.29) is 7.24 Å². The van der Waals surface area contributed by atoms with Gasteiger partial charge in [0.05, 0.1) is 15.4 Å². The molecular formula is C22H25FN4OS. The van der Waals surface area contributed by atoms with Gasteiger partial charge in [-0.3, -0.25) is 0 Å². The minimum Gasteiger partial charge on any atom is -0.398 e. The first-order valence-electron chi connectivity index (χ1n) is 9.56. The van der Waals surface area contributed by atoms with Gasteiger partial charge in [0.15, 0.2) is 5.82 Å². The molecule has 1 saturated carbocycles. The van der Waals surface area contributed by atoms with Crippen LogP contribution < -0.4 is 5.73 Å². The Hall–Kier alpha value is -2.80. The van der Waals surface area contributed by atoms with Crippen molar-refractivity contribution in [1.82, 2.24) is 4.98 Å². The Bertz CT molecular complexity index is 1250. The van der Waals surface area contributed by atoms with E-state index in [1.165, 1.54) is 18.3 Å². The van der Waals surface area contributed by atoms with Crippen LogP contribution in [0.15, 0.2) is 40.8 Å². The van der Waals surface area contributed by atoms with E-state index in [0.717, 1.165) is 35.0 Å². The molecule has 1 aliphatic rings. The van der Waals surface area contributed by atoms with E-state index >= 15 is 0 Å². The van der Waals surface area contributed by atoms with Crippen LogP contribution in [-0.2, 0) is 9.73 Å². The largest absolute Gasteiger partial charge is 0.398 e. The van der Waals surface area contributed by atoms with E-state index in [1.54, 1.807) is 24.5 Å². The maximum absolute atomic E-state index is 13.5. The molecule has 0 radical (unpaired) electrons. The lowest BCUT2D eigenvalue weighted by Gasteiger charge is -2.16. The second-order valence-corrected chi connectivity index (χ2v) is 10.2. The Morgan fingerprint density at radius 3 is 2.59 bits per heavy atom. The lowest BCUT2D eigenvalue weighted by molar-refractivity contribution is 0.628. The molecule has 29 heavy (non-hydrogen) atoms. The van der Waals surface area contributed by atoms with Gasteiger partial charge >= 0.3 is 0 Å². The molecule has 3 N–H and O–H groups in total. The van der Waals surface area contributed by atoms with Crippen molar-refractivity contribution in [2.45, 2.75) is 25.7 Å². The number of aromatic nitrogens is 1. The molecule has 1 aromatic heterocycles. The number of pyridine rings is 1. The summed E-state index contributed by atoms with van der Waals surface area (Å²) in [6.45, 7) is 1.84. The summed E-state index contributed by atoms with van der Waals surface area (Å²) in [6, 6.07) is 9.94. The first kappa shape index (κ1) is 19.5. The van der Waals surface area contributed by atoms with E-state index in [4.69, 9.17) is 16.1 Å². The van der Waals surface area contributed by atoms with Crippen LogP contribution in [0.2, 0.25) is 0 Å². The molecule has 2 aromatic carbocycles. The van der Waals surface area contributed by atoms with Gasteiger partial charge in [0.25, 0.3) is 0 Å². The summed E-state index contributed by atoms with van der Waals surface area (Å²) in [5.41, 5.74) is 9.81. The molecular weight excluding hydrogens is 387 g/mol. The van der Waals surface area contributed by atoms with Gasteiger partial charge in [0, 0.05) is 47.8 Å². The highest BCUT2D eigenvalue weighted by molar-refractivity contribution is 7.93. The number of hydrogen-bond donors (Lipinski definition) is 2. The van der Waals surface area contributed by atoms with Gasteiger partial charge in [0.1, 0.15) is 5.82 Å². The Kier molecular flexibility index (Phi) is 4.86. The lowest BCUT2D eigenvalue weighted by Crippen LogP contribution is -2.02. The fourth-order valence-corrected chi connectivity index (χ4v) is 4.04. The number of nitrogens with zero attached hydrogens (tertiary/aromatic N) is 2. The molecule has 0 aliphatic heterocycles. The van der Waals surface area contributed by atoms with Crippen molar-refractivity contribution in [2.24, 2.45) is 4.36 Å². The molecule has 4 rings (SSSR count). The molecule has 1 aliphatic carbocycles. The van der Waals surface area contributed by atoms with Crippen molar-refractivity contribution in [3.05, 3.63) is 53.5 Å². The van der Waals surface area contributed by atoms with E-state index < -0.39 is 9.73 Å². The average molecular weight is 413 g/mol. The van der Waals surface area contributed by atoms with Crippen LogP contribution in [0.1, 0.15) is 38.4 Å². The third-order valence-electron chi connectivity index (χ3n) is 5.28. The highest BCUT2D eigenvalue weighted by Gasteiger charge is 2.30. The molecule has 1 fully saturated rings. The smallest absolute Gasteiger partial charge is 0.169 e. The molecule has 7 heteroatoms. The number of nitrogens with one attached hydrogen (secondary N) is 1. The standard InChI is InChI=1S/C22H23FN4OS.H2/c1-3-29(2,28)27-22-18-11-19(25)15(12-24)10-17(18)20(21(26-22)14-4-5-14)13-6-8-16(23)9-7-13;/h6-12,14,24H,3-5,25H2,1-2H3;1H. The number of nitrogen functional groups attached to an aromatic ring is 1. The summed E-state index contributed by atoms with van der Waals surface area (Å²) in [5, 5.41) is 9.24. The summed E-state index contributed by atoms with van der Waals surface area (Å²) in [4.78, 5) is 4.84. The van der Waals surface area contributed by atoms with Gasteiger partial charge in [-0.15, -0.1) is 0 Å². The number of halogens is 1.